The van der Waals surface area contributed by atoms with E-state index in [2.05, 4.69) is 0 Å². The molecule has 0 bridgehead atoms. The average Bonchev–Trinajstić information content (AvgIpc) is 3.83. The van der Waals surface area contributed by atoms with Gasteiger partial charge in [-0.1, -0.05) is 84.4 Å². The van der Waals surface area contributed by atoms with Crippen LogP contribution in [0.5, 0.6) is 0 Å². The van der Waals surface area contributed by atoms with Crippen molar-refractivity contribution in [3.8, 4) is 0 Å². The van der Waals surface area contributed by atoms with Gasteiger partial charge in [0.1, 0.15) is 11.0 Å². The van der Waals surface area contributed by atoms with Gasteiger partial charge in [-0.2, -0.15) is 0 Å². The van der Waals surface area contributed by atoms with Crippen molar-refractivity contribution < 1.29 is 24.3 Å². The molecule has 1 fully saturated rings. The number of benzene rings is 4. The lowest BCUT2D eigenvalue weighted by molar-refractivity contribution is -0.137. The van der Waals surface area contributed by atoms with E-state index < -0.39 is 45.9 Å². The van der Waals surface area contributed by atoms with Crippen LogP contribution < -0.4 is 9.80 Å². The highest BCUT2D eigenvalue weighted by Crippen LogP contribution is 2.72. The summed E-state index contributed by atoms with van der Waals surface area (Å²) in [7, 11) is 0. The Labute approximate surface area is 286 Å². The molecule has 4 atom stereocenters. The fraction of sp³-hybridized carbons (Fsp3) is 0.179. The van der Waals surface area contributed by atoms with Crippen LogP contribution in [-0.4, -0.2) is 28.6 Å². The lowest BCUT2D eigenvalue weighted by Crippen LogP contribution is -2.59. The summed E-state index contributed by atoms with van der Waals surface area (Å²) in [5, 5.41) is 15.7. The van der Waals surface area contributed by atoms with E-state index in [0.717, 1.165) is 10.5 Å². The minimum absolute atomic E-state index is 0.217. The molecule has 8 rings (SSSR count). The molecule has 2 spiro atoms. The van der Waals surface area contributed by atoms with E-state index in [-0.39, 0.29) is 24.2 Å². The minimum Gasteiger partial charge on any atom is -0.383 e. The Hall–Kier alpha value is -4.89. The van der Waals surface area contributed by atoms with Crippen LogP contribution in [0.3, 0.4) is 0 Å². The fourth-order valence-electron chi connectivity index (χ4n) is 8.57. The molecule has 0 unspecified atom stereocenters. The number of hydrogen-bond donors (Lipinski definition) is 1. The van der Waals surface area contributed by atoms with Crippen molar-refractivity contribution in [2.75, 3.05) is 9.80 Å². The van der Waals surface area contributed by atoms with Gasteiger partial charge < -0.3 is 10.0 Å². The molecule has 0 saturated heterocycles. The van der Waals surface area contributed by atoms with Crippen LogP contribution in [-0.2, 0) is 37.4 Å². The number of nitrogens with zero attached hydrogens (tertiary/aromatic N) is 2. The van der Waals surface area contributed by atoms with Gasteiger partial charge >= 0.3 is 0 Å². The minimum atomic E-state index is -2.07. The molecule has 3 amide bonds. The smallest absolute Gasteiger partial charge is 0.248 e. The van der Waals surface area contributed by atoms with Crippen LogP contribution in [0.4, 0.5) is 11.4 Å². The molecule has 3 aliphatic rings. The number of hydrogen-bond acceptors (Lipinski definition) is 6. The second-order valence-corrected chi connectivity index (χ2v) is 14.1. The van der Waals surface area contributed by atoms with Crippen LogP contribution in [0.25, 0.3) is 0 Å². The number of thiophene rings is 1. The SMILES string of the molecule is CC(=O)N1C(=O)[C@]2(c3ccccc31)[C@H](C(=O)c1ccc(Cl)cc1)[C@]1(C[C@]2(O)c2cccs2)C(=O)N(Cc2ccccc2)c2ccccc21. The maximum Gasteiger partial charge on any atom is 0.248 e. The van der Waals surface area contributed by atoms with Crippen LogP contribution in [0.2, 0.25) is 5.02 Å². The first-order valence-electron chi connectivity index (χ1n) is 15.6. The summed E-state index contributed by atoms with van der Waals surface area (Å²) in [6.07, 6.45) is -0.266. The van der Waals surface area contributed by atoms with Gasteiger partial charge in [-0.05, 0) is 64.5 Å². The fourth-order valence-corrected chi connectivity index (χ4v) is 9.58. The molecule has 238 valence electrons. The first-order chi connectivity index (χ1) is 23.2. The maximum atomic E-state index is 15.5. The first-order valence-corrected chi connectivity index (χ1v) is 16.9. The van der Waals surface area contributed by atoms with Crippen molar-refractivity contribution in [2.45, 2.75) is 36.3 Å². The monoisotopic (exact) mass is 672 g/mol. The molecule has 5 aromatic rings. The Morgan fingerprint density at radius 2 is 1.46 bits per heavy atom. The van der Waals surface area contributed by atoms with Gasteiger partial charge in [-0.15, -0.1) is 11.3 Å². The zero-order chi connectivity index (χ0) is 33.4. The standard InChI is InChI=1S/C39H29ClN2O5S/c1-24(43)42-31-15-8-6-13-29(31)39(36(42)46)34(33(44)26-17-19-27(40)20-18-26)37(23-38(39,47)32-16-9-21-48-32)28-12-5-7-14-30(28)41(35(37)45)22-25-10-3-2-4-11-25/h2-21,34,47H,22-23H2,1H3/t34-,37-,38+,39+/m1/s1. The largest absolute Gasteiger partial charge is 0.383 e. The average molecular weight is 673 g/mol. The lowest BCUT2D eigenvalue weighted by Gasteiger charge is -2.41. The highest BCUT2D eigenvalue weighted by molar-refractivity contribution is 7.10. The molecule has 1 aliphatic carbocycles. The number of halogens is 1. The molecule has 3 heterocycles. The zero-order valence-corrected chi connectivity index (χ0v) is 27.4. The molecule has 9 heteroatoms. The van der Waals surface area contributed by atoms with Gasteiger partial charge in [0.15, 0.2) is 5.78 Å². The van der Waals surface area contributed by atoms with E-state index in [4.69, 9.17) is 11.6 Å². The predicted octanol–water partition coefficient (Wildman–Crippen LogP) is 6.81. The van der Waals surface area contributed by atoms with Crippen molar-refractivity contribution in [1.82, 2.24) is 0 Å². The quantitative estimate of drug-likeness (QED) is 0.207. The third kappa shape index (κ3) is 3.85. The highest BCUT2D eigenvalue weighted by atomic mass is 35.5. The molecule has 0 radical (unpaired) electrons. The van der Waals surface area contributed by atoms with Gasteiger partial charge in [0, 0.05) is 34.5 Å². The number of ketones is 1. The van der Waals surface area contributed by atoms with Crippen molar-refractivity contribution in [1.29, 1.82) is 0 Å². The molecule has 7 nitrogen and oxygen atoms in total. The summed E-state index contributed by atoms with van der Waals surface area (Å²) in [5.41, 5.74) is -2.94. The number of carbonyl (C=O) groups is 4. The van der Waals surface area contributed by atoms with Crippen LogP contribution >= 0.6 is 22.9 Å². The number of aliphatic hydroxyl groups is 1. The van der Waals surface area contributed by atoms with Crippen LogP contribution in [0.15, 0.2) is 121 Å². The van der Waals surface area contributed by atoms with Crippen molar-refractivity contribution in [2.24, 2.45) is 5.92 Å². The number of fused-ring (bicyclic) bond motifs is 4. The number of Topliss-reactive ketones (excluding diaryl/α,β-unsaturated/α-hetero) is 1. The number of imide groups is 1. The topological polar surface area (TPSA) is 95.0 Å². The van der Waals surface area contributed by atoms with E-state index in [1.807, 2.05) is 54.6 Å². The van der Waals surface area contributed by atoms with E-state index in [1.54, 1.807) is 70.9 Å². The first kappa shape index (κ1) is 30.4. The van der Waals surface area contributed by atoms with Crippen molar-refractivity contribution >= 4 is 57.8 Å². The predicted molar refractivity (Wildman–Crippen MR) is 184 cm³/mol. The Balaban J connectivity index is 1.49. The van der Waals surface area contributed by atoms with Gasteiger partial charge in [-0.3, -0.25) is 19.2 Å². The van der Waals surface area contributed by atoms with Gasteiger partial charge in [0.05, 0.1) is 23.6 Å². The summed E-state index contributed by atoms with van der Waals surface area (Å²) in [6.45, 7) is 1.51. The third-order valence-electron chi connectivity index (χ3n) is 10.3. The van der Waals surface area contributed by atoms with Gasteiger partial charge in [0.25, 0.3) is 0 Å². The molecular formula is C39H29ClN2O5S. The number of rotatable bonds is 5. The summed E-state index contributed by atoms with van der Waals surface area (Å²) in [4.78, 5) is 62.7. The molecule has 1 saturated carbocycles. The highest BCUT2D eigenvalue weighted by Gasteiger charge is 2.82. The zero-order valence-electron chi connectivity index (χ0n) is 25.8. The van der Waals surface area contributed by atoms with E-state index in [9.17, 15) is 9.90 Å². The maximum absolute atomic E-state index is 15.5. The van der Waals surface area contributed by atoms with Crippen LogP contribution in [0.1, 0.15) is 45.3 Å². The molecule has 48 heavy (non-hydrogen) atoms. The van der Waals surface area contributed by atoms with Gasteiger partial charge in [0.2, 0.25) is 17.7 Å². The Morgan fingerprint density at radius 1 is 0.812 bits per heavy atom. The van der Waals surface area contributed by atoms with E-state index in [1.165, 1.54) is 18.3 Å². The summed E-state index contributed by atoms with van der Waals surface area (Å²) in [6, 6.07) is 33.5. The second-order valence-electron chi connectivity index (χ2n) is 12.7. The van der Waals surface area contributed by atoms with Crippen molar-refractivity contribution in [3.63, 3.8) is 0 Å². The molecular weight excluding hydrogens is 644 g/mol. The normalized spacial score (nSPS) is 25.6. The third-order valence-corrected chi connectivity index (χ3v) is 11.6. The summed E-state index contributed by atoms with van der Waals surface area (Å²) >= 11 is 7.50. The number of amides is 3. The Morgan fingerprint density at radius 3 is 2.12 bits per heavy atom. The molecule has 1 aromatic heterocycles. The Bertz CT molecular complexity index is 2140. The Kier molecular flexibility index (Phi) is 6.86. The lowest BCUT2D eigenvalue weighted by atomic mass is 9.59. The summed E-state index contributed by atoms with van der Waals surface area (Å²) < 4.78 is 0. The van der Waals surface area contributed by atoms with E-state index >= 15 is 14.4 Å². The number of carbonyl (C=O) groups excluding carboxylic acids is 4. The summed E-state index contributed by atoms with van der Waals surface area (Å²) in [5.74, 6) is -3.63. The molecule has 4 aromatic carbocycles. The second kappa shape index (κ2) is 10.8. The molecule has 2 aliphatic heterocycles. The number of para-hydroxylation sites is 2. The molecule has 1 N–H and O–H groups in total. The van der Waals surface area contributed by atoms with E-state index in [0.29, 0.717) is 26.7 Å². The van der Waals surface area contributed by atoms with Crippen molar-refractivity contribution in [3.05, 3.63) is 153 Å². The van der Waals surface area contributed by atoms with Gasteiger partial charge in [-0.25, -0.2) is 4.90 Å². The number of anilines is 2. The van der Waals surface area contributed by atoms with Crippen LogP contribution in [0, 0.1) is 5.92 Å².